The standard InChI is InChI=1S/C14H27N3O/c1-4-13(8-10-16)6-7-14(18)17(12(2)3)11-5-9-15/h12-13H,4-8,10-11,16H2,1-3H3. The minimum absolute atomic E-state index is 0.163. The maximum absolute atomic E-state index is 12.1. The van der Waals surface area contributed by atoms with Crippen LogP contribution in [0.25, 0.3) is 0 Å². The van der Waals surface area contributed by atoms with Crippen LogP contribution in [0.15, 0.2) is 0 Å². The van der Waals surface area contributed by atoms with E-state index in [1.54, 1.807) is 4.90 Å². The van der Waals surface area contributed by atoms with Gasteiger partial charge in [0.25, 0.3) is 0 Å². The summed E-state index contributed by atoms with van der Waals surface area (Å²) in [5, 5.41) is 8.60. The van der Waals surface area contributed by atoms with Crippen LogP contribution in [0, 0.1) is 17.2 Å². The van der Waals surface area contributed by atoms with Crippen LogP contribution in [-0.4, -0.2) is 29.9 Å². The van der Waals surface area contributed by atoms with Gasteiger partial charge in [-0.25, -0.2) is 0 Å². The lowest BCUT2D eigenvalue weighted by molar-refractivity contribution is -0.133. The van der Waals surface area contributed by atoms with Crippen molar-refractivity contribution in [3.05, 3.63) is 0 Å². The Labute approximate surface area is 111 Å². The lowest BCUT2D eigenvalue weighted by Gasteiger charge is -2.26. The van der Waals surface area contributed by atoms with Gasteiger partial charge >= 0.3 is 0 Å². The Balaban J connectivity index is 4.21. The highest BCUT2D eigenvalue weighted by Gasteiger charge is 2.17. The molecule has 0 saturated carbocycles. The molecule has 1 atom stereocenters. The largest absolute Gasteiger partial charge is 0.339 e. The smallest absolute Gasteiger partial charge is 0.222 e. The van der Waals surface area contributed by atoms with Gasteiger partial charge in [-0.3, -0.25) is 4.79 Å². The molecule has 1 unspecified atom stereocenters. The molecule has 0 rings (SSSR count). The number of rotatable bonds is 9. The van der Waals surface area contributed by atoms with Crippen LogP contribution in [0.4, 0.5) is 0 Å². The fourth-order valence-electron chi connectivity index (χ4n) is 2.10. The summed E-state index contributed by atoms with van der Waals surface area (Å²) in [7, 11) is 0. The fraction of sp³-hybridized carbons (Fsp3) is 0.857. The molecule has 0 aromatic heterocycles. The summed E-state index contributed by atoms with van der Waals surface area (Å²) < 4.78 is 0. The van der Waals surface area contributed by atoms with E-state index in [-0.39, 0.29) is 11.9 Å². The zero-order valence-electron chi connectivity index (χ0n) is 12.0. The van der Waals surface area contributed by atoms with E-state index in [9.17, 15) is 4.79 Å². The van der Waals surface area contributed by atoms with Gasteiger partial charge in [-0.05, 0) is 39.2 Å². The monoisotopic (exact) mass is 253 g/mol. The van der Waals surface area contributed by atoms with Crippen LogP contribution in [0.5, 0.6) is 0 Å². The summed E-state index contributed by atoms with van der Waals surface area (Å²) in [6, 6.07) is 2.26. The molecule has 0 aromatic rings. The SMILES string of the molecule is CCC(CCN)CCC(=O)N(CCC#N)C(C)C. The first-order valence-electron chi connectivity index (χ1n) is 6.93. The molecule has 0 spiro atoms. The molecule has 0 fully saturated rings. The van der Waals surface area contributed by atoms with E-state index in [1.165, 1.54) is 0 Å². The predicted molar refractivity (Wildman–Crippen MR) is 73.8 cm³/mol. The van der Waals surface area contributed by atoms with Crippen molar-refractivity contribution in [2.75, 3.05) is 13.1 Å². The van der Waals surface area contributed by atoms with E-state index in [2.05, 4.69) is 13.0 Å². The molecule has 0 aliphatic carbocycles. The predicted octanol–water partition coefficient (Wildman–Crippen LogP) is 2.29. The lowest BCUT2D eigenvalue weighted by Crippen LogP contribution is -2.37. The van der Waals surface area contributed by atoms with Crippen LogP contribution >= 0.6 is 0 Å². The first-order valence-corrected chi connectivity index (χ1v) is 6.93. The summed E-state index contributed by atoms with van der Waals surface area (Å²) in [5.74, 6) is 0.708. The fourth-order valence-corrected chi connectivity index (χ4v) is 2.10. The molecule has 0 heterocycles. The third kappa shape index (κ3) is 6.61. The van der Waals surface area contributed by atoms with Crippen molar-refractivity contribution in [2.45, 2.75) is 58.9 Å². The van der Waals surface area contributed by atoms with Crippen LogP contribution in [0.2, 0.25) is 0 Å². The zero-order valence-corrected chi connectivity index (χ0v) is 12.0. The van der Waals surface area contributed by atoms with Crippen molar-refractivity contribution in [3.63, 3.8) is 0 Å². The highest BCUT2D eigenvalue weighted by molar-refractivity contribution is 5.76. The molecule has 0 radical (unpaired) electrons. The molecule has 4 nitrogen and oxygen atoms in total. The number of hydrogen-bond donors (Lipinski definition) is 1. The number of carbonyl (C=O) groups excluding carboxylic acids is 1. The topological polar surface area (TPSA) is 70.1 Å². The van der Waals surface area contributed by atoms with Crippen LogP contribution in [-0.2, 0) is 4.79 Å². The van der Waals surface area contributed by atoms with Crippen molar-refractivity contribution in [1.82, 2.24) is 4.90 Å². The quantitative estimate of drug-likeness (QED) is 0.685. The second kappa shape index (κ2) is 9.90. The molecule has 1 amide bonds. The van der Waals surface area contributed by atoms with Gasteiger partial charge < -0.3 is 10.6 Å². The van der Waals surface area contributed by atoms with E-state index in [0.717, 1.165) is 19.3 Å². The highest BCUT2D eigenvalue weighted by atomic mass is 16.2. The number of carbonyl (C=O) groups is 1. The second-order valence-corrected chi connectivity index (χ2v) is 4.98. The van der Waals surface area contributed by atoms with Crippen LogP contribution < -0.4 is 5.73 Å². The van der Waals surface area contributed by atoms with E-state index in [4.69, 9.17) is 11.0 Å². The summed E-state index contributed by atoms with van der Waals surface area (Å²) in [4.78, 5) is 13.9. The molecule has 2 N–H and O–H groups in total. The van der Waals surface area contributed by atoms with Crippen molar-refractivity contribution < 1.29 is 4.79 Å². The van der Waals surface area contributed by atoms with E-state index >= 15 is 0 Å². The van der Waals surface area contributed by atoms with Gasteiger partial charge in [-0.1, -0.05) is 13.3 Å². The number of hydrogen-bond acceptors (Lipinski definition) is 3. The minimum Gasteiger partial charge on any atom is -0.339 e. The van der Waals surface area contributed by atoms with Gasteiger partial charge in [0.2, 0.25) is 5.91 Å². The Morgan fingerprint density at radius 1 is 1.39 bits per heavy atom. The van der Waals surface area contributed by atoms with Crippen molar-refractivity contribution in [3.8, 4) is 6.07 Å². The maximum Gasteiger partial charge on any atom is 0.222 e. The summed E-state index contributed by atoms with van der Waals surface area (Å²) in [5.41, 5.74) is 5.55. The number of nitriles is 1. The van der Waals surface area contributed by atoms with Gasteiger partial charge in [-0.2, -0.15) is 5.26 Å². The molecule has 0 bridgehead atoms. The average molecular weight is 253 g/mol. The van der Waals surface area contributed by atoms with Crippen LogP contribution in [0.1, 0.15) is 52.9 Å². The average Bonchev–Trinajstić information content (AvgIpc) is 2.34. The van der Waals surface area contributed by atoms with E-state index in [1.807, 2.05) is 13.8 Å². The molecular formula is C14H27N3O. The summed E-state index contributed by atoms with van der Waals surface area (Å²) in [6.07, 6.45) is 3.95. The van der Waals surface area contributed by atoms with Gasteiger partial charge in [0.1, 0.15) is 0 Å². The molecule has 4 heteroatoms. The first kappa shape index (κ1) is 16.9. The maximum atomic E-state index is 12.1. The van der Waals surface area contributed by atoms with Crippen molar-refractivity contribution in [1.29, 1.82) is 5.26 Å². The molecule has 104 valence electrons. The van der Waals surface area contributed by atoms with Gasteiger partial charge in [0.05, 0.1) is 12.5 Å². The Hall–Kier alpha value is -1.08. The van der Waals surface area contributed by atoms with Gasteiger partial charge in [0.15, 0.2) is 0 Å². The van der Waals surface area contributed by atoms with Crippen LogP contribution in [0.3, 0.4) is 0 Å². The first-order chi connectivity index (χ1) is 8.56. The zero-order chi connectivity index (χ0) is 14.0. The molecule has 0 saturated heterocycles. The molecule has 0 aliphatic heterocycles. The minimum atomic E-state index is 0.163. The van der Waals surface area contributed by atoms with Crippen molar-refractivity contribution >= 4 is 5.91 Å². The highest BCUT2D eigenvalue weighted by Crippen LogP contribution is 2.16. The third-order valence-electron chi connectivity index (χ3n) is 3.33. The normalized spacial score (nSPS) is 12.2. The van der Waals surface area contributed by atoms with Crippen molar-refractivity contribution in [2.24, 2.45) is 11.7 Å². The Morgan fingerprint density at radius 2 is 2.06 bits per heavy atom. The molecule has 0 aliphatic rings. The second-order valence-electron chi connectivity index (χ2n) is 4.98. The lowest BCUT2D eigenvalue weighted by atomic mass is 9.96. The molecular weight excluding hydrogens is 226 g/mol. The Kier molecular flexibility index (Phi) is 9.31. The van der Waals surface area contributed by atoms with Gasteiger partial charge in [0, 0.05) is 19.0 Å². The molecule has 18 heavy (non-hydrogen) atoms. The molecule has 0 aromatic carbocycles. The van der Waals surface area contributed by atoms with Gasteiger partial charge in [-0.15, -0.1) is 0 Å². The van der Waals surface area contributed by atoms with E-state index in [0.29, 0.717) is 31.8 Å². The van der Waals surface area contributed by atoms with E-state index < -0.39 is 0 Å². The third-order valence-corrected chi connectivity index (χ3v) is 3.33. The number of amides is 1. The Bertz CT molecular complexity index is 271. The number of nitrogens with two attached hydrogens (primary N) is 1. The summed E-state index contributed by atoms with van der Waals surface area (Å²) in [6.45, 7) is 7.36. The Morgan fingerprint density at radius 3 is 2.50 bits per heavy atom. The number of nitrogens with zero attached hydrogens (tertiary/aromatic N) is 2. The summed E-state index contributed by atoms with van der Waals surface area (Å²) >= 11 is 0.